The number of furan rings is 1. The average Bonchev–Trinajstić information content (AvgIpc) is 3.05. The molecule has 0 bridgehead atoms. The molecule has 0 atom stereocenters. The molecule has 26 heavy (non-hydrogen) atoms. The van der Waals surface area contributed by atoms with E-state index in [0.717, 1.165) is 31.6 Å². The Morgan fingerprint density at radius 2 is 1.58 bits per heavy atom. The van der Waals surface area contributed by atoms with Crippen molar-refractivity contribution in [3.05, 3.63) is 41.5 Å². The van der Waals surface area contributed by atoms with Gasteiger partial charge in [-0.3, -0.25) is 0 Å². The minimum Gasteiger partial charge on any atom is -0.491 e. The quantitative estimate of drug-likeness (QED) is 0.503. The number of hydrogen-bond acceptors (Lipinski definition) is 2. The number of ether oxygens (including phenoxy) is 1. The topological polar surface area (TPSA) is 22.4 Å². The normalized spacial score (nSPS) is 20.8. The first-order valence-corrected chi connectivity index (χ1v) is 9.59. The number of rotatable bonds is 4. The first kappa shape index (κ1) is 17.3. The smallest absolute Gasteiger partial charge is 0.208 e. The highest BCUT2D eigenvalue weighted by atomic mass is 19.1. The van der Waals surface area contributed by atoms with Crippen LogP contribution in [-0.4, -0.2) is 6.61 Å². The molecule has 138 valence electrons. The molecule has 0 N–H and O–H groups in total. The van der Waals surface area contributed by atoms with Gasteiger partial charge in [0.05, 0.1) is 6.61 Å². The van der Waals surface area contributed by atoms with Gasteiger partial charge in [0.2, 0.25) is 5.82 Å². The number of benzene rings is 2. The third-order valence-corrected chi connectivity index (χ3v) is 5.85. The highest BCUT2D eigenvalue weighted by Crippen LogP contribution is 2.41. The second-order valence-electron chi connectivity index (χ2n) is 7.26. The van der Waals surface area contributed by atoms with Gasteiger partial charge in [0.15, 0.2) is 22.7 Å². The molecule has 0 spiro atoms. The van der Waals surface area contributed by atoms with Crippen LogP contribution in [0.15, 0.2) is 28.7 Å². The summed E-state index contributed by atoms with van der Waals surface area (Å²) < 4.78 is 40.8. The lowest BCUT2D eigenvalue weighted by Crippen LogP contribution is -2.13. The van der Waals surface area contributed by atoms with E-state index >= 15 is 4.39 Å². The van der Waals surface area contributed by atoms with Crippen molar-refractivity contribution >= 4 is 21.9 Å². The third kappa shape index (κ3) is 2.76. The van der Waals surface area contributed by atoms with Crippen molar-refractivity contribution in [1.29, 1.82) is 0 Å². The zero-order valence-electron chi connectivity index (χ0n) is 15.3. The maximum Gasteiger partial charge on any atom is 0.208 e. The largest absolute Gasteiger partial charge is 0.491 e. The Morgan fingerprint density at radius 3 is 2.23 bits per heavy atom. The fourth-order valence-corrected chi connectivity index (χ4v) is 4.30. The van der Waals surface area contributed by atoms with Crippen LogP contribution in [0.3, 0.4) is 0 Å². The zero-order chi connectivity index (χ0) is 18.3. The summed E-state index contributed by atoms with van der Waals surface area (Å²) in [5.41, 5.74) is 0.927. The molecule has 1 heterocycles. The first-order chi connectivity index (χ1) is 12.6. The van der Waals surface area contributed by atoms with Gasteiger partial charge in [0.25, 0.3) is 0 Å². The maximum atomic E-state index is 15.2. The van der Waals surface area contributed by atoms with Crippen molar-refractivity contribution in [1.82, 2.24) is 0 Å². The summed E-state index contributed by atoms with van der Waals surface area (Å²) in [4.78, 5) is 0. The molecular formula is C22H24F2O2. The second-order valence-corrected chi connectivity index (χ2v) is 7.26. The lowest BCUT2D eigenvalue weighted by molar-refractivity contribution is 0.314. The average molecular weight is 358 g/mol. The van der Waals surface area contributed by atoms with Crippen molar-refractivity contribution in [2.24, 2.45) is 5.92 Å². The van der Waals surface area contributed by atoms with Gasteiger partial charge in [-0.1, -0.05) is 19.4 Å². The minimum atomic E-state index is -0.565. The molecule has 0 radical (unpaired) electrons. The van der Waals surface area contributed by atoms with Crippen molar-refractivity contribution in [3.63, 3.8) is 0 Å². The van der Waals surface area contributed by atoms with E-state index in [1.54, 1.807) is 19.1 Å². The molecule has 0 amide bonds. The molecule has 4 rings (SSSR count). The monoisotopic (exact) mass is 358 g/mol. The van der Waals surface area contributed by atoms with Crippen molar-refractivity contribution in [2.75, 3.05) is 6.61 Å². The Kier molecular flexibility index (Phi) is 4.60. The van der Waals surface area contributed by atoms with E-state index in [9.17, 15) is 4.39 Å². The van der Waals surface area contributed by atoms with Crippen LogP contribution in [0.4, 0.5) is 8.78 Å². The van der Waals surface area contributed by atoms with Gasteiger partial charge in [0, 0.05) is 10.8 Å². The summed E-state index contributed by atoms with van der Waals surface area (Å²) in [7, 11) is 0. The Morgan fingerprint density at radius 1 is 0.923 bits per heavy atom. The van der Waals surface area contributed by atoms with Crippen LogP contribution in [0.5, 0.6) is 5.75 Å². The molecule has 0 unspecified atom stereocenters. The van der Waals surface area contributed by atoms with E-state index in [1.165, 1.54) is 6.42 Å². The lowest BCUT2D eigenvalue weighted by Gasteiger charge is -2.28. The minimum absolute atomic E-state index is 0.0664. The van der Waals surface area contributed by atoms with E-state index in [2.05, 4.69) is 6.92 Å². The molecule has 2 nitrogen and oxygen atoms in total. The lowest BCUT2D eigenvalue weighted by atomic mass is 9.77. The predicted octanol–water partition coefficient (Wildman–Crippen LogP) is 6.95. The van der Waals surface area contributed by atoms with Crippen molar-refractivity contribution < 1.29 is 17.9 Å². The van der Waals surface area contributed by atoms with Gasteiger partial charge in [-0.25, -0.2) is 4.39 Å². The summed E-state index contributed by atoms with van der Waals surface area (Å²) in [5, 5.41) is 1.20. The SMILES string of the molecule is CCOc1ccc2c(oc3c(F)c(C4CCC(CC)CC4)ccc32)c1F. The second kappa shape index (κ2) is 6.90. The summed E-state index contributed by atoms with van der Waals surface area (Å²) >= 11 is 0. The van der Waals surface area contributed by atoms with E-state index in [1.807, 2.05) is 12.1 Å². The predicted molar refractivity (Wildman–Crippen MR) is 99.8 cm³/mol. The fourth-order valence-electron chi connectivity index (χ4n) is 4.30. The van der Waals surface area contributed by atoms with Crippen LogP contribution in [0.2, 0.25) is 0 Å². The molecule has 1 fully saturated rings. The van der Waals surface area contributed by atoms with Crippen LogP contribution in [0.1, 0.15) is 57.4 Å². The molecule has 1 aromatic heterocycles. The van der Waals surface area contributed by atoms with Gasteiger partial charge in [-0.15, -0.1) is 0 Å². The summed E-state index contributed by atoms with van der Waals surface area (Å²) in [6.07, 6.45) is 5.49. The van der Waals surface area contributed by atoms with Crippen LogP contribution >= 0.6 is 0 Å². The number of hydrogen-bond donors (Lipinski definition) is 0. The Hall–Kier alpha value is -2.10. The van der Waals surface area contributed by atoms with Crippen LogP contribution < -0.4 is 4.74 Å². The van der Waals surface area contributed by atoms with Gasteiger partial charge < -0.3 is 9.15 Å². The Balaban J connectivity index is 1.78. The van der Waals surface area contributed by atoms with Crippen LogP contribution in [-0.2, 0) is 0 Å². The molecule has 1 saturated carbocycles. The molecule has 2 aromatic carbocycles. The van der Waals surface area contributed by atoms with Crippen molar-refractivity contribution in [2.45, 2.75) is 51.9 Å². The molecule has 1 aliphatic rings. The molecular weight excluding hydrogens is 334 g/mol. The highest BCUT2D eigenvalue weighted by Gasteiger charge is 2.26. The van der Waals surface area contributed by atoms with Crippen molar-refractivity contribution in [3.8, 4) is 5.75 Å². The molecule has 0 saturated heterocycles. The van der Waals surface area contributed by atoms with E-state index < -0.39 is 5.82 Å². The van der Waals surface area contributed by atoms with Gasteiger partial charge in [-0.05, 0) is 68.2 Å². The molecule has 4 heteroatoms. The summed E-state index contributed by atoms with van der Waals surface area (Å²) in [5.74, 6) is 0.216. The summed E-state index contributed by atoms with van der Waals surface area (Å²) in [6.45, 7) is 4.38. The first-order valence-electron chi connectivity index (χ1n) is 9.59. The van der Waals surface area contributed by atoms with Gasteiger partial charge >= 0.3 is 0 Å². The number of halogens is 2. The molecule has 3 aromatic rings. The highest BCUT2D eigenvalue weighted by molar-refractivity contribution is 6.05. The van der Waals surface area contributed by atoms with Gasteiger partial charge in [-0.2, -0.15) is 4.39 Å². The standard InChI is InChI=1S/C22H24F2O2/c1-3-13-5-7-14(8-6-13)15-9-10-16-17-11-12-18(25-4-2)20(24)22(17)26-21(16)19(15)23/h9-14H,3-8H2,1-2H3. The molecule has 0 aliphatic heterocycles. The number of fused-ring (bicyclic) bond motifs is 3. The van der Waals surface area contributed by atoms with E-state index in [4.69, 9.17) is 9.15 Å². The zero-order valence-corrected chi connectivity index (χ0v) is 15.3. The Bertz CT molecular complexity index is 936. The maximum absolute atomic E-state index is 15.2. The summed E-state index contributed by atoms with van der Waals surface area (Å²) in [6, 6.07) is 7.04. The van der Waals surface area contributed by atoms with E-state index in [-0.39, 0.29) is 28.7 Å². The fraction of sp³-hybridized carbons (Fsp3) is 0.455. The van der Waals surface area contributed by atoms with Gasteiger partial charge in [0.1, 0.15) is 0 Å². The van der Waals surface area contributed by atoms with Crippen LogP contribution in [0.25, 0.3) is 21.9 Å². The van der Waals surface area contributed by atoms with E-state index in [0.29, 0.717) is 22.9 Å². The Labute approximate surface area is 152 Å². The molecule has 1 aliphatic carbocycles. The van der Waals surface area contributed by atoms with Crippen LogP contribution in [0, 0.1) is 17.6 Å². The third-order valence-electron chi connectivity index (χ3n) is 5.85.